The molecule has 1 aromatic heterocycles. The number of nitrogens with zero attached hydrogens (tertiary/aromatic N) is 1. The van der Waals surface area contributed by atoms with Gasteiger partial charge in [-0.3, -0.25) is 9.59 Å². The van der Waals surface area contributed by atoms with Gasteiger partial charge >= 0.3 is 0 Å². The van der Waals surface area contributed by atoms with Crippen LogP contribution in [0.5, 0.6) is 0 Å². The second-order valence-electron chi connectivity index (χ2n) is 2.70. The van der Waals surface area contributed by atoms with Gasteiger partial charge < -0.3 is 16.0 Å². The van der Waals surface area contributed by atoms with Gasteiger partial charge in [0, 0.05) is 13.5 Å². The van der Waals surface area contributed by atoms with E-state index in [-0.39, 0.29) is 11.4 Å². The molecule has 1 heterocycles. The van der Waals surface area contributed by atoms with Crippen LogP contribution in [0.2, 0.25) is 0 Å². The number of amides is 1. The Kier molecular flexibility index (Phi) is 2.85. The number of H-pyrrole nitrogens is 1. The maximum absolute atomic E-state index is 11.4. The Morgan fingerprint density at radius 1 is 1.64 bits per heavy atom. The predicted molar refractivity (Wildman–Crippen MR) is 52.3 cm³/mol. The fourth-order valence-corrected chi connectivity index (χ4v) is 1.10. The lowest BCUT2D eigenvalue weighted by molar-refractivity contribution is 0.0999. The highest BCUT2D eigenvalue weighted by Crippen LogP contribution is 2.05. The van der Waals surface area contributed by atoms with Crippen LogP contribution in [0, 0.1) is 0 Å². The first-order chi connectivity index (χ1) is 6.60. The third kappa shape index (κ3) is 1.73. The van der Waals surface area contributed by atoms with Crippen LogP contribution in [-0.4, -0.2) is 22.9 Å². The highest BCUT2D eigenvalue weighted by Gasteiger charge is 2.14. The first-order valence-electron chi connectivity index (χ1n) is 4.20. The Hall–Kier alpha value is -1.85. The van der Waals surface area contributed by atoms with Crippen LogP contribution in [0.1, 0.15) is 23.1 Å². The molecular weight excluding hydrogens is 184 g/mol. The van der Waals surface area contributed by atoms with Gasteiger partial charge in [-0.25, -0.2) is 4.98 Å². The number of nitrogens with two attached hydrogens (primary N) is 1. The number of aryl methyl sites for hydroxylation is 1. The van der Waals surface area contributed by atoms with Gasteiger partial charge in [-0.15, -0.1) is 0 Å². The molecule has 1 aromatic rings. The van der Waals surface area contributed by atoms with E-state index >= 15 is 0 Å². The third-order valence-electron chi connectivity index (χ3n) is 1.79. The quantitative estimate of drug-likeness (QED) is 0.605. The minimum atomic E-state index is -0.786. The van der Waals surface area contributed by atoms with Crippen LogP contribution >= 0.6 is 0 Å². The normalized spacial score (nSPS) is 9.86. The molecule has 0 aliphatic carbocycles. The second kappa shape index (κ2) is 3.91. The van der Waals surface area contributed by atoms with E-state index < -0.39 is 11.5 Å². The third-order valence-corrected chi connectivity index (χ3v) is 1.79. The molecule has 6 nitrogen and oxygen atoms in total. The lowest BCUT2D eigenvalue weighted by Gasteiger charge is -2.05. The zero-order valence-electron chi connectivity index (χ0n) is 8.05. The first-order valence-corrected chi connectivity index (χ1v) is 4.20. The molecule has 0 aliphatic heterocycles. The number of primary amides is 1. The molecule has 0 saturated heterocycles. The molecule has 0 bridgehead atoms. The summed E-state index contributed by atoms with van der Waals surface area (Å²) >= 11 is 0. The highest BCUT2D eigenvalue weighted by atomic mass is 16.2. The smallest absolute Gasteiger partial charge is 0.265 e. The topological polar surface area (TPSA) is 101 Å². The Bertz CT molecular complexity index is 410. The average Bonchev–Trinajstić information content (AvgIpc) is 2.15. The van der Waals surface area contributed by atoms with Gasteiger partial charge in [0.05, 0.1) is 0 Å². The van der Waals surface area contributed by atoms with Gasteiger partial charge in [0.1, 0.15) is 17.2 Å². The zero-order chi connectivity index (χ0) is 10.7. The first kappa shape index (κ1) is 10.2. The zero-order valence-corrected chi connectivity index (χ0v) is 8.05. The van der Waals surface area contributed by atoms with Gasteiger partial charge in [-0.05, 0) is 0 Å². The molecule has 4 N–H and O–H groups in total. The van der Waals surface area contributed by atoms with Crippen LogP contribution in [0.3, 0.4) is 0 Å². The van der Waals surface area contributed by atoms with E-state index in [0.717, 1.165) is 0 Å². The van der Waals surface area contributed by atoms with Gasteiger partial charge in [-0.1, -0.05) is 6.92 Å². The monoisotopic (exact) mass is 196 g/mol. The van der Waals surface area contributed by atoms with Crippen LogP contribution in [-0.2, 0) is 6.42 Å². The summed E-state index contributed by atoms with van der Waals surface area (Å²) in [6.45, 7) is 1.85. The summed E-state index contributed by atoms with van der Waals surface area (Å²) in [5, 5.41) is 2.66. The molecule has 6 heteroatoms. The summed E-state index contributed by atoms with van der Waals surface area (Å²) < 4.78 is 0. The van der Waals surface area contributed by atoms with Crippen molar-refractivity contribution < 1.29 is 4.79 Å². The largest absolute Gasteiger partial charge is 0.372 e. The van der Waals surface area contributed by atoms with Crippen molar-refractivity contribution in [1.82, 2.24) is 9.97 Å². The number of rotatable bonds is 3. The summed E-state index contributed by atoms with van der Waals surface area (Å²) in [6.07, 6.45) is 0.586. The van der Waals surface area contributed by atoms with E-state index in [1.807, 2.05) is 6.92 Å². The van der Waals surface area contributed by atoms with Crippen LogP contribution in [0.25, 0.3) is 0 Å². The van der Waals surface area contributed by atoms with Crippen molar-refractivity contribution in [2.24, 2.45) is 5.73 Å². The Balaban J connectivity index is 3.43. The summed E-state index contributed by atoms with van der Waals surface area (Å²) in [7, 11) is 1.58. The minimum absolute atomic E-state index is 0.135. The van der Waals surface area contributed by atoms with E-state index in [9.17, 15) is 9.59 Å². The molecule has 0 radical (unpaired) electrons. The molecule has 0 unspecified atom stereocenters. The van der Waals surface area contributed by atoms with Gasteiger partial charge in [-0.2, -0.15) is 0 Å². The van der Waals surface area contributed by atoms with E-state index in [2.05, 4.69) is 15.3 Å². The van der Waals surface area contributed by atoms with Gasteiger partial charge in [0.15, 0.2) is 0 Å². The predicted octanol–water partition coefficient (Wildman–Crippen LogP) is -0.527. The molecule has 76 valence electrons. The summed E-state index contributed by atoms with van der Waals surface area (Å²) in [6, 6.07) is 0. The standard InChI is InChI=1S/C8H12N4O2/c1-3-4-11-7(10-2)5(6(9)13)8(14)12-4/h3H2,1-2H3,(H2,9,13)(H2,10,11,12,14). The van der Waals surface area contributed by atoms with Crippen molar-refractivity contribution in [3.8, 4) is 0 Å². The van der Waals surface area contributed by atoms with Crippen molar-refractivity contribution in [3.05, 3.63) is 21.7 Å². The molecule has 14 heavy (non-hydrogen) atoms. The molecule has 0 atom stereocenters. The second-order valence-corrected chi connectivity index (χ2v) is 2.70. The maximum atomic E-state index is 11.4. The van der Waals surface area contributed by atoms with Crippen LogP contribution in [0.4, 0.5) is 5.82 Å². The SMILES string of the molecule is CCc1nc(NC)c(C(N)=O)c(=O)[nH]1. The van der Waals surface area contributed by atoms with Crippen molar-refractivity contribution in [1.29, 1.82) is 0 Å². The van der Waals surface area contributed by atoms with E-state index in [1.54, 1.807) is 7.05 Å². The molecular formula is C8H12N4O2. The Labute approximate surface area is 80.5 Å². The van der Waals surface area contributed by atoms with E-state index in [4.69, 9.17) is 5.73 Å². The number of nitrogens with one attached hydrogen (secondary N) is 2. The minimum Gasteiger partial charge on any atom is -0.372 e. The van der Waals surface area contributed by atoms with Gasteiger partial charge in [0.2, 0.25) is 0 Å². The van der Waals surface area contributed by atoms with Crippen molar-refractivity contribution in [2.45, 2.75) is 13.3 Å². The summed E-state index contributed by atoms with van der Waals surface area (Å²) in [5.74, 6) is -0.0480. The number of aromatic amines is 1. The summed E-state index contributed by atoms with van der Waals surface area (Å²) in [5.41, 5.74) is 4.40. The van der Waals surface area contributed by atoms with E-state index in [0.29, 0.717) is 12.2 Å². The fraction of sp³-hybridized carbons (Fsp3) is 0.375. The summed E-state index contributed by atoms with van der Waals surface area (Å²) in [4.78, 5) is 28.8. The van der Waals surface area contributed by atoms with Crippen molar-refractivity contribution >= 4 is 11.7 Å². The van der Waals surface area contributed by atoms with E-state index in [1.165, 1.54) is 0 Å². The highest BCUT2D eigenvalue weighted by molar-refractivity contribution is 5.97. The number of carbonyl (C=O) groups is 1. The Morgan fingerprint density at radius 3 is 2.71 bits per heavy atom. The van der Waals surface area contributed by atoms with Crippen molar-refractivity contribution in [2.75, 3.05) is 12.4 Å². The average molecular weight is 196 g/mol. The molecule has 0 aliphatic rings. The Morgan fingerprint density at radius 2 is 2.29 bits per heavy atom. The number of hydrogen-bond acceptors (Lipinski definition) is 4. The van der Waals surface area contributed by atoms with Crippen molar-refractivity contribution in [3.63, 3.8) is 0 Å². The molecule has 0 spiro atoms. The molecule has 0 aromatic carbocycles. The molecule has 0 saturated carbocycles. The fourth-order valence-electron chi connectivity index (χ4n) is 1.10. The van der Waals surface area contributed by atoms with Crippen LogP contribution in [0.15, 0.2) is 4.79 Å². The van der Waals surface area contributed by atoms with Crippen LogP contribution < -0.4 is 16.6 Å². The lowest BCUT2D eigenvalue weighted by Crippen LogP contribution is -2.27. The van der Waals surface area contributed by atoms with Gasteiger partial charge in [0.25, 0.3) is 11.5 Å². The lowest BCUT2D eigenvalue weighted by atomic mass is 10.2. The number of anilines is 1. The molecule has 1 amide bonds. The maximum Gasteiger partial charge on any atom is 0.265 e. The molecule has 1 rings (SSSR count). The molecule has 0 fully saturated rings. The number of carbonyl (C=O) groups excluding carboxylic acids is 1. The number of hydrogen-bond donors (Lipinski definition) is 3. The number of aromatic nitrogens is 2.